The quantitative estimate of drug-likeness (QED) is 0.0604. The predicted molar refractivity (Wildman–Crippen MR) is 390 cm³/mol. The molecule has 10 nitrogen and oxygen atoms in total. The molecule has 1 aliphatic rings. The van der Waals surface area contributed by atoms with Crippen LogP contribution in [0.15, 0.2) is 130 Å². The van der Waals surface area contributed by atoms with Gasteiger partial charge in [0, 0.05) is 0 Å². The molecule has 0 amide bonds. The van der Waals surface area contributed by atoms with Gasteiger partial charge in [0.25, 0.3) is 0 Å². The molecule has 6 aromatic carbocycles. The molecule has 1 fully saturated rings. The van der Waals surface area contributed by atoms with E-state index in [1.54, 1.807) is 37.3 Å². The van der Waals surface area contributed by atoms with Gasteiger partial charge in [-0.3, -0.25) is 0 Å². The number of aryl methyl sites for hydroxylation is 3. The van der Waals surface area contributed by atoms with Gasteiger partial charge in [-0.2, -0.15) is 0 Å². The van der Waals surface area contributed by atoms with Gasteiger partial charge in [0.1, 0.15) is 11.5 Å². The highest BCUT2D eigenvalue weighted by Crippen LogP contribution is 2.36. The first kappa shape index (κ1) is 83.4. The van der Waals surface area contributed by atoms with Crippen LogP contribution in [0, 0.1) is 37.9 Å². The average molecular weight is 1340 g/mol. The molecule has 0 atom stereocenters. The maximum atomic E-state index is 13.8. The standard InChI is InChI=1S/C15H24O.C14H22O.C13H19FO2.C13H20O2S.C12H16O2S.C12H18O2S/c1-11(2)13-7-8-14(12(3)9-13)16-10-15(4,5)6;1-5-6-9-15-14-8-7-13(11(2)3)10-12(14)4;1-8(2)10-6-11(14)13(16-9(3)4)12(7-10)15-5;1-10(2)9-16(14,15)13-7-5-12(6-8-13)11(3)4;1-9(2)10-3-5-11(6-4-10)15(13,14)12-7-8-12;1-5-15(13,14)12-7-6-11(9(2)3)8-10(12)4/h7-9,11H,10H2,1-6H3;7-8,10-11H,5-6,9H2,1-4H3;6-9H,1-5H3;5-8,10-11H,9H2,1-4H3;3-6,9,12H,7-8H2,1-2H3;6-9H,5H2,1-4H3. The molecular formula is C79H119FO10S3. The normalized spacial score (nSPS) is 12.5. The fourth-order valence-electron chi connectivity index (χ4n) is 9.18. The zero-order chi connectivity index (χ0) is 70.9. The van der Waals surface area contributed by atoms with Gasteiger partial charge in [0.05, 0.1) is 57.9 Å². The fraction of sp³-hybridized carbons (Fsp3) is 0.544. The second-order valence-electron chi connectivity index (χ2n) is 28.2. The molecule has 0 bridgehead atoms. The van der Waals surface area contributed by atoms with E-state index in [1.165, 1.54) is 58.5 Å². The van der Waals surface area contributed by atoms with Crippen molar-refractivity contribution in [2.75, 3.05) is 31.8 Å². The minimum absolute atomic E-state index is 0.0756. The van der Waals surface area contributed by atoms with Crippen LogP contribution in [0.25, 0.3) is 0 Å². The number of sulfone groups is 3. The van der Waals surface area contributed by atoms with Crippen LogP contribution >= 0.6 is 0 Å². The van der Waals surface area contributed by atoms with E-state index in [2.05, 4.69) is 147 Å². The molecule has 7 rings (SSSR count). The highest BCUT2D eigenvalue weighted by atomic mass is 32.2. The Morgan fingerprint density at radius 2 is 0.892 bits per heavy atom. The third-order valence-electron chi connectivity index (χ3n) is 15.3. The largest absolute Gasteiger partial charge is 0.493 e. The van der Waals surface area contributed by atoms with Crippen LogP contribution in [0.1, 0.15) is 257 Å². The third kappa shape index (κ3) is 29.0. The van der Waals surface area contributed by atoms with Gasteiger partial charge in [-0.1, -0.05) is 199 Å². The SMILES string of the molecule is CC(C)CS(=O)(=O)c1ccc(C(C)C)cc1.CC(C)c1ccc(S(=O)(=O)C2CC2)cc1.CCCCOc1ccc(C(C)C)cc1C.CCS(=O)(=O)c1ccc(C(C)C)cc1C.COc1cc(C(C)C)cc(F)c1OC(C)C.Cc1cc(C(C)C)ccc1OCC(C)(C)C. The zero-order valence-corrected chi connectivity index (χ0v) is 64.0. The minimum Gasteiger partial charge on any atom is -0.493 e. The van der Waals surface area contributed by atoms with Crippen LogP contribution in [0.3, 0.4) is 0 Å². The Labute approximate surface area is 565 Å². The molecule has 6 aromatic rings. The highest BCUT2D eigenvalue weighted by molar-refractivity contribution is 7.92. The van der Waals surface area contributed by atoms with Crippen LogP contribution in [0.4, 0.5) is 4.39 Å². The smallest absolute Gasteiger partial charge is 0.197 e. The van der Waals surface area contributed by atoms with Crippen molar-refractivity contribution in [3.8, 4) is 23.0 Å². The molecule has 0 aliphatic heterocycles. The molecule has 0 spiro atoms. The van der Waals surface area contributed by atoms with Crippen LogP contribution in [-0.4, -0.2) is 68.4 Å². The summed E-state index contributed by atoms with van der Waals surface area (Å²) < 4.78 is 107. The highest BCUT2D eigenvalue weighted by Gasteiger charge is 2.36. The van der Waals surface area contributed by atoms with Crippen molar-refractivity contribution in [2.24, 2.45) is 11.3 Å². The third-order valence-corrected chi connectivity index (χ3v) is 21.6. The monoisotopic (exact) mass is 1340 g/mol. The molecule has 14 heteroatoms. The first-order chi connectivity index (χ1) is 43.1. The maximum Gasteiger partial charge on any atom is 0.197 e. The molecule has 93 heavy (non-hydrogen) atoms. The second kappa shape index (κ2) is 38.7. The Hall–Kier alpha value is -5.70. The topological polar surface area (TPSA) is 139 Å². The lowest BCUT2D eigenvalue weighted by atomic mass is 9.98. The number of methoxy groups -OCH3 is 1. The Kier molecular flexibility index (Phi) is 34.7. The molecule has 0 unspecified atom stereocenters. The summed E-state index contributed by atoms with van der Waals surface area (Å²) in [5.41, 5.74) is 10.7. The van der Waals surface area contributed by atoms with Crippen molar-refractivity contribution in [2.45, 2.75) is 253 Å². The van der Waals surface area contributed by atoms with Gasteiger partial charge in [0.2, 0.25) is 0 Å². The van der Waals surface area contributed by atoms with Crippen molar-refractivity contribution < 1.29 is 48.6 Å². The number of hydrogen-bond donors (Lipinski definition) is 0. The summed E-state index contributed by atoms with van der Waals surface area (Å²) in [6.07, 6.45) is 3.89. The number of benzene rings is 6. The fourth-order valence-corrected chi connectivity index (χ4v) is 13.6. The first-order valence-corrected chi connectivity index (χ1v) is 38.5. The van der Waals surface area contributed by atoms with Gasteiger partial charge < -0.3 is 18.9 Å². The summed E-state index contributed by atoms with van der Waals surface area (Å²) in [5.74, 6) is 5.62. The van der Waals surface area contributed by atoms with Crippen molar-refractivity contribution in [1.29, 1.82) is 0 Å². The molecule has 1 aliphatic carbocycles. The number of hydrogen-bond acceptors (Lipinski definition) is 10. The van der Waals surface area contributed by atoms with E-state index < -0.39 is 29.5 Å². The summed E-state index contributed by atoms with van der Waals surface area (Å²) in [6, 6.07) is 36.4. The number of ether oxygens (including phenoxy) is 4. The van der Waals surface area contributed by atoms with Gasteiger partial charge >= 0.3 is 0 Å². The Morgan fingerprint density at radius 3 is 1.25 bits per heavy atom. The van der Waals surface area contributed by atoms with Crippen molar-refractivity contribution in [3.05, 3.63) is 171 Å². The first-order valence-electron chi connectivity index (χ1n) is 33.6. The zero-order valence-electron chi connectivity index (χ0n) is 61.5. The van der Waals surface area contributed by atoms with E-state index in [0.29, 0.717) is 50.0 Å². The van der Waals surface area contributed by atoms with Crippen LogP contribution in [0.5, 0.6) is 23.0 Å². The van der Waals surface area contributed by atoms with E-state index in [1.807, 2.05) is 90.9 Å². The summed E-state index contributed by atoms with van der Waals surface area (Å²) in [4.78, 5) is 1.38. The van der Waals surface area contributed by atoms with E-state index in [0.717, 1.165) is 55.1 Å². The van der Waals surface area contributed by atoms with Gasteiger partial charge in [-0.15, -0.1) is 0 Å². The average Bonchev–Trinajstić information content (AvgIpc) is 1.59. The van der Waals surface area contributed by atoms with Gasteiger partial charge in [-0.05, 0) is 205 Å². The summed E-state index contributed by atoms with van der Waals surface area (Å²) in [6.45, 7) is 51.1. The molecule has 1 saturated carbocycles. The molecule has 520 valence electrons. The van der Waals surface area contributed by atoms with Crippen LogP contribution < -0.4 is 18.9 Å². The molecule has 0 heterocycles. The summed E-state index contributed by atoms with van der Waals surface area (Å²) >= 11 is 0. The lowest BCUT2D eigenvalue weighted by Gasteiger charge is -2.20. The van der Waals surface area contributed by atoms with E-state index in [-0.39, 0.29) is 51.7 Å². The lowest BCUT2D eigenvalue weighted by Crippen LogP contribution is -2.17. The van der Waals surface area contributed by atoms with E-state index in [4.69, 9.17) is 18.9 Å². The number of rotatable bonds is 22. The van der Waals surface area contributed by atoms with Crippen molar-refractivity contribution in [3.63, 3.8) is 0 Å². The Balaban J connectivity index is 0.000000380. The summed E-state index contributed by atoms with van der Waals surface area (Å²) in [5, 5.41) is -0.109. The minimum atomic E-state index is -3.10. The molecular weight excluding hydrogens is 1220 g/mol. The second-order valence-corrected chi connectivity index (χ2v) is 34.7. The number of unbranched alkanes of at least 4 members (excludes halogenated alkanes) is 1. The molecule has 0 N–H and O–H groups in total. The van der Waals surface area contributed by atoms with Crippen molar-refractivity contribution >= 4 is 29.5 Å². The number of halogens is 1. The summed E-state index contributed by atoms with van der Waals surface area (Å²) in [7, 11) is -7.66. The molecule has 0 saturated heterocycles. The van der Waals surface area contributed by atoms with Crippen LogP contribution in [0.2, 0.25) is 0 Å². The Morgan fingerprint density at radius 1 is 0.484 bits per heavy atom. The predicted octanol–water partition coefficient (Wildman–Crippen LogP) is 21.5. The van der Waals surface area contributed by atoms with E-state index >= 15 is 0 Å². The maximum absolute atomic E-state index is 13.8. The Bertz CT molecular complexity index is 3540. The van der Waals surface area contributed by atoms with Crippen LogP contribution in [-0.2, 0) is 29.5 Å². The van der Waals surface area contributed by atoms with Gasteiger partial charge in [0.15, 0.2) is 46.8 Å². The molecule has 0 aromatic heterocycles. The van der Waals surface area contributed by atoms with E-state index in [9.17, 15) is 29.6 Å². The van der Waals surface area contributed by atoms with Crippen molar-refractivity contribution in [1.82, 2.24) is 0 Å². The van der Waals surface area contributed by atoms with Gasteiger partial charge in [-0.25, -0.2) is 29.6 Å². The lowest BCUT2D eigenvalue weighted by molar-refractivity contribution is 0.197. The molecule has 0 radical (unpaired) electrons.